The van der Waals surface area contributed by atoms with E-state index >= 15 is 0 Å². The van der Waals surface area contributed by atoms with Gasteiger partial charge in [0, 0.05) is 12.2 Å². The van der Waals surface area contributed by atoms with Crippen LogP contribution in [0, 0.1) is 15.9 Å². The lowest BCUT2D eigenvalue weighted by Gasteiger charge is -2.07. The molecule has 2 N–H and O–H groups in total. The number of halogens is 1. The van der Waals surface area contributed by atoms with Gasteiger partial charge in [0.05, 0.1) is 4.92 Å². The van der Waals surface area contributed by atoms with Crippen molar-refractivity contribution in [3.63, 3.8) is 0 Å². The highest BCUT2D eigenvalue weighted by molar-refractivity contribution is 7.99. The first kappa shape index (κ1) is 16.2. The average molecular weight is 322 g/mol. The maximum atomic E-state index is 12.9. The number of thioether (sulfide) groups is 1. The normalized spacial score (nSPS) is 10.6. The van der Waals surface area contributed by atoms with Crippen LogP contribution in [0.1, 0.15) is 24.6 Å². The molecule has 0 aliphatic carbocycles. The second-order valence-electron chi connectivity index (χ2n) is 4.60. The first-order valence-electron chi connectivity index (χ1n) is 6.69. The summed E-state index contributed by atoms with van der Waals surface area (Å²) < 4.78 is 12.9. The van der Waals surface area contributed by atoms with Crippen molar-refractivity contribution in [3.05, 3.63) is 51.5 Å². The number of anilines is 1. The molecule has 0 saturated carbocycles. The van der Waals surface area contributed by atoms with E-state index in [2.05, 4.69) is 9.97 Å². The lowest BCUT2D eigenvalue weighted by molar-refractivity contribution is -0.385. The van der Waals surface area contributed by atoms with Gasteiger partial charge in [-0.15, -0.1) is 0 Å². The Morgan fingerprint density at radius 3 is 2.59 bits per heavy atom. The van der Waals surface area contributed by atoms with Crippen LogP contribution in [0.2, 0.25) is 0 Å². The third-order valence-corrected chi connectivity index (χ3v) is 3.92. The minimum Gasteiger partial charge on any atom is -0.378 e. The molecule has 0 spiro atoms. The number of nitrogens with two attached hydrogens (primary N) is 1. The number of benzene rings is 1. The number of nitrogens with zero attached hydrogens (tertiary/aromatic N) is 3. The summed E-state index contributed by atoms with van der Waals surface area (Å²) in [6.45, 7) is 2.02. The lowest BCUT2D eigenvalue weighted by Crippen LogP contribution is -2.08. The summed E-state index contributed by atoms with van der Waals surface area (Å²) in [6, 6.07) is 5.74. The van der Waals surface area contributed by atoms with Gasteiger partial charge in [-0.25, -0.2) is 9.37 Å². The SMILES string of the molecule is CCCSc1nc(N)c([N+](=O)[O-])c(Cc2ccc(F)cc2)n1. The molecule has 0 aliphatic heterocycles. The Bertz CT molecular complexity index is 679. The summed E-state index contributed by atoms with van der Waals surface area (Å²) in [7, 11) is 0. The number of nitrogen functional groups attached to an aromatic ring is 1. The van der Waals surface area contributed by atoms with E-state index in [9.17, 15) is 14.5 Å². The average Bonchev–Trinajstić information content (AvgIpc) is 2.46. The van der Waals surface area contributed by atoms with E-state index < -0.39 is 4.92 Å². The molecule has 6 nitrogen and oxygen atoms in total. The van der Waals surface area contributed by atoms with Gasteiger partial charge in [-0.1, -0.05) is 30.8 Å². The largest absolute Gasteiger partial charge is 0.378 e. The van der Waals surface area contributed by atoms with Crippen molar-refractivity contribution in [1.29, 1.82) is 0 Å². The molecule has 0 radical (unpaired) electrons. The van der Waals surface area contributed by atoms with Gasteiger partial charge in [0.25, 0.3) is 0 Å². The fourth-order valence-electron chi connectivity index (χ4n) is 1.87. The zero-order valence-electron chi connectivity index (χ0n) is 12.0. The molecule has 0 bridgehead atoms. The first-order chi connectivity index (χ1) is 10.5. The number of nitro groups is 1. The molecule has 2 rings (SSSR count). The van der Waals surface area contributed by atoms with Crippen LogP contribution in [0.3, 0.4) is 0 Å². The van der Waals surface area contributed by atoms with E-state index in [0.717, 1.165) is 12.2 Å². The standard InChI is InChI=1S/C14H15FN4O2S/c1-2-7-22-14-17-11(12(19(20)21)13(16)18-14)8-9-3-5-10(15)6-4-9/h3-6H,2,7-8H2,1H3,(H2,16,17,18). The summed E-state index contributed by atoms with van der Waals surface area (Å²) in [5.41, 5.74) is 6.37. The van der Waals surface area contributed by atoms with Crippen LogP contribution >= 0.6 is 11.8 Å². The monoisotopic (exact) mass is 322 g/mol. The van der Waals surface area contributed by atoms with Crippen LogP contribution in [0.15, 0.2) is 29.4 Å². The minimum atomic E-state index is -0.581. The van der Waals surface area contributed by atoms with Gasteiger partial charge in [0.1, 0.15) is 11.5 Å². The third kappa shape index (κ3) is 3.91. The van der Waals surface area contributed by atoms with Crippen molar-refractivity contribution in [3.8, 4) is 0 Å². The van der Waals surface area contributed by atoms with E-state index in [1.54, 1.807) is 12.1 Å². The Kier molecular flexibility index (Phi) is 5.26. The third-order valence-electron chi connectivity index (χ3n) is 2.87. The molecule has 0 atom stereocenters. The number of rotatable bonds is 6. The van der Waals surface area contributed by atoms with Crippen molar-refractivity contribution < 1.29 is 9.31 Å². The number of aromatic nitrogens is 2. The summed E-state index contributed by atoms with van der Waals surface area (Å²) >= 11 is 1.40. The Labute approximate surface area is 131 Å². The summed E-state index contributed by atoms with van der Waals surface area (Å²) in [5, 5.41) is 11.6. The van der Waals surface area contributed by atoms with Gasteiger partial charge in [0.2, 0.25) is 5.82 Å². The second kappa shape index (κ2) is 7.17. The van der Waals surface area contributed by atoms with Crippen molar-refractivity contribution in [1.82, 2.24) is 9.97 Å². The van der Waals surface area contributed by atoms with Crippen LogP contribution < -0.4 is 5.73 Å². The van der Waals surface area contributed by atoms with E-state index in [0.29, 0.717) is 10.7 Å². The quantitative estimate of drug-likeness (QED) is 0.380. The molecule has 0 aliphatic rings. The summed E-state index contributed by atoms with van der Waals surface area (Å²) in [4.78, 5) is 18.8. The van der Waals surface area contributed by atoms with E-state index in [4.69, 9.17) is 5.73 Å². The van der Waals surface area contributed by atoms with Crippen molar-refractivity contribution in [2.75, 3.05) is 11.5 Å². The molecule has 116 valence electrons. The van der Waals surface area contributed by atoms with Crippen LogP contribution in [0.4, 0.5) is 15.9 Å². The fraction of sp³-hybridized carbons (Fsp3) is 0.286. The molecule has 8 heteroatoms. The Morgan fingerprint density at radius 1 is 1.32 bits per heavy atom. The molecule has 0 amide bonds. The van der Waals surface area contributed by atoms with Crippen LogP contribution in [0.5, 0.6) is 0 Å². The molecule has 2 aromatic rings. The molecule has 22 heavy (non-hydrogen) atoms. The molecule has 0 unspecified atom stereocenters. The lowest BCUT2D eigenvalue weighted by atomic mass is 10.1. The molecule has 1 aromatic carbocycles. The van der Waals surface area contributed by atoms with Gasteiger partial charge >= 0.3 is 5.69 Å². The highest BCUT2D eigenvalue weighted by atomic mass is 32.2. The maximum absolute atomic E-state index is 12.9. The highest BCUT2D eigenvalue weighted by Crippen LogP contribution is 2.28. The molecule has 0 fully saturated rings. The van der Waals surface area contributed by atoms with Gasteiger partial charge < -0.3 is 5.73 Å². The van der Waals surface area contributed by atoms with Gasteiger partial charge in [-0.3, -0.25) is 10.1 Å². The van der Waals surface area contributed by atoms with E-state index in [-0.39, 0.29) is 29.4 Å². The summed E-state index contributed by atoms with van der Waals surface area (Å²) in [5.74, 6) is 0.295. The van der Waals surface area contributed by atoms with Crippen LogP contribution in [0.25, 0.3) is 0 Å². The van der Waals surface area contributed by atoms with Gasteiger partial charge in [-0.2, -0.15) is 4.98 Å². The smallest absolute Gasteiger partial charge is 0.332 e. The topological polar surface area (TPSA) is 94.9 Å². The predicted octanol–water partition coefficient (Wildman–Crippen LogP) is 3.20. The van der Waals surface area contributed by atoms with Gasteiger partial charge in [-0.05, 0) is 24.1 Å². The molecular weight excluding hydrogens is 307 g/mol. The van der Waals surface area contributed by atoms with Gasteiger partial charge in [0.15, 0.2) is 5.16 Å². The predicted molar refractivity (Wildman–Crippen MR) is 83.3 cm³/mol. The molecule has 1 heterocycles. The minimum absolute atomic E-state index is 0.143. The molecular formula is C14H15FN4O2S. The Hall–Kier alpha value is -2.22. The van der Waals surface area contributed by atoms with Crippen LogP contribution in [-0.2, 0) is 6.42 Å². The molecule has 0 saturated heterocycles. The highest BCUT2D eigenvalue weighted by Gasteiger charge is 2.23. The number of hydrogen-bond donors (Lipinski definition) is 1. The fourth-order valence-corrected chi connectivity index (χ4v) is 2.60. The zero-order valence-corrected chi connectivity index (χ0v) is 12.8. The Morgan fingerprint density at radius 2 is 2.00 bits per heavy atom. The van der Waals surface area contributed by atoms with E-state index in [1.807, 2.05) is 6.92 Å². The van der Waals surface area contributed by atoms with Crippen molar-refractivity contribution in [2.45, 2.75) is 24.9 Å². The number of hydrogen-bond acceptors (Lipinski definition) is 6. The molecule has 1 aromatic heterocycles. The van der Waals surface area contributed by atoms with Crippen LogP contribution in [-0.4, -0.2) is 20.6 Å². The first-order valence-corrected chi connectivity index (χ1v) is 7.67. The zero-order chi connectivity index (χ0) is 16.1. The maximum Gasteiger partial charge on any atom is 0.332 e. The van der Waals surface area contributed by atoms with E-state index in [1.165, 1.54) is 23.9 Å². The van der Waals surface area contributed by atoms with Crippen molar-refractivity contribution >= 4 is 23.3 Å². The second-order valence-corrected chi connectivity index (χ2v) is 5.66. The van der Waals surface area contributed by atoms with Crippen molar-refractivity contribution in [2.24, 2.45) is 0 Å². The summed E-state index contributed by atoms with van der Waals surface area (Å²) in [6.07, 6.45) is 1.13. The Balaban J connectivity index is 2.39.